The van der Waals surface area contributed by atoms with E-state index in [1.807, 2.05) is 13.8 Å². The fourth-order valence-electron chi connectivity index (χ4n) is 2.79. The van der Waals surface area contributed by atoms with Crippen LogP contribution < -0.4 is 14.8 Å². The molecular weight excluding hydrogens is 388 g/mol. The highest BCUT2D eigenvalue weighted by atomic mass is 32.2. The van der Waals surface area contributed by atoms with Gasteiger partial charge in [0.1, 0.15) is 5.75 Å². The first kappa shape index (κ1) is 20.4. The highest BCUT2D eigenvalue weighted by Gasteiger charge is 2.16. The van der Waals surface area contributed by atoms with Crippen LogP contribution in [-0.2, 0) is 10.0 Å². The van der Waals surface area contributed by atoms with Gasteiger partial charge in [-0.3, -0.25) is 9.52 Å². The summed E-state index contributed by atoms with van der Waals surface area (Å²) in [4.78, 5) is 12.7. The summed E-state index contributed by atoms with van der Waals surface area (Å²) in [5.74, 6) is 0.105. The lowest BCUT2D eigenvalue weighted by molar-refractivity contribution is 0.102. The Labute approximate surface area is 170 Å². The Hall–Kier alpha value is -3.32. The molecule has 0 spiro atoms. The molecule has 0 aromatic heterocycles. The van der Waals surface area contributed by atoms with Crippen molar-refractivity contribution in [2.75, 3.05) is 17.1 Å². The average molecular weight is 410 g/mol. The van der Waals surface area contributed by atoms with Crippen molar-refractivity contribution in [2.24, 2.45) is 0 Å². The smallest absolute Gasteiger partial charge is 0.261 e. The first-order valence-corrected chi connectivity index (χ1v) is 10.4. The van der Waals surface area contributed by atoms with Gasteiger partial charge in [-0.1, -0.05) is 24.3 Å². The molecule has 3 aromatic carbocycles. The molecule has 0 unspecified atom stereocenters. The highest BCUT2D eigenvalue weighted by molar-refractivity contribution is 7.92. The van der Waals surface area contributed by atoms with Crippen LogP contribution in [0.3, 0.4) is 0 Å². The van der Waals surface area contributed by atoms with Crippen molar-refractivity contribution in [3.63, 3.8) is 0 Å². The summed E-state index contributed by atoms with van der Waals surface area (Å²) in [6.07, 6.45) is 0. The lowest BCUT2D eigenvalue weighted by Crippen LogP contribution is -2.15. The topological polar surface area (TPSA) is 84.5 Å². The normalized spacial score (nSPS) is 11.0. The molecule has 3 aromatic rings. The Morgan fingerprint density at radius 2 is 1.59 bits per heavy atom. The number of carbonyl (C=O) groups excluding carboxylic acids is 1. The zero-order chi connectivity index (χ0) is 21.0. The third kappa shape index (κ3) is 4.75. The fraction of sp³-hybridized carbons (Fsp3) is 0.136. The van der Waals surface area contributed by atoms with Gasteiger partial charge in [0.2, 0.25) is 0 Å². The summed E-state index contributed by atoms with van der Waals surface area (Å²) in [7, 11) is -2.25. The number of carbonyl (C=O) groups is 1. The number of amides is 1. The number of anilines is 2. The van der Waals surface area contributed by atoms with Crippen LogP contribution in [0.4, 0.5) is 11.4 Å². The fourth-order valence-corrected chi connectivity index (χ4v) is 3.92. The summed E-state index contributed by atoms with van der Waals surface area (Å²) >= 11 is 0. The van der Waals surface area contributed by atoms with Gasteiger partial charge in [0, 0.05) is 5.69 Å². The van der Waals surface area contributed by atoms with Crippen molar-refractivity contribution in [2.45, 2.75) is 18.7 Å². The minimum atomic E-state index is -3.74. The van der Waals surface area contributed by atoms with Crippen LogP contribution in [0.15, 0.2) is 71.6 Å². The van der Waals surface area contributed by atoms with Crippen LogP contribution in [0.1, 0.15) is 21.5 Å². The van der Waals surface area contributed by atoms with Crippen molar-refractivity contribution in [3.8, 4) is 5.75 Å². The molecule has 0 bridgehead atoms. The number of para-hydroxylation sites is 1. The maximum atomic E-state index is 12.7. The molecule has 2 N–H and O–H groups in total. The molecule has 0 saturated carbocycles. The highest BCUT2D eigenvalue weighted by Crippen LogP contribution is 2.23. The van der Waals surface area contributed by atoms with E-state index >= 15 is 0 Å². The van der Waals surface area contributed by atoms with Gasteiger partial charge in [0.05, 0.1) is 23.3 Å². The van der Waals surface area contributed by atoms with Crippen LogP contribution in [0.5, 0.6) is 5.75 Å². The van der Waals surface area contributed by atoms with Crippen LogP contribution in [0.2, 0.25) is 0 Å². The molecular formula is C22H22N2O4S. The van der Waals surface area contributed by atoms with Crippen molar-refractivity contribution in [1.29, 1.82) is 0 Å². The van der Waals surface area contributed by atoms with Gasteiger partial charge in [-0.15, -0.1) is 0 Å². The van der Waals surface area contributed by atoms with E-state index in [-0.39, 0.29) is 10.8 Å². The second kappa shape index (κ2) is 8.36. The molecule has 0 aliphatic rings. The monoisotopic (exact) mass is 410 g/mol. The minimum absolute atomic E-state index is 0.184. The van der Waals surface area contributed by atoms with E-state index in [2.05, 4.69) is 10.0 Å². The Bertz CT molecular complexity index is 1160. The summed E-state index contributed by atoms with van der Waals surface area (Å²) in [5.41, 5.74) is 3.11. The van der Waals surface area contributed by atoms with Crippen LogP contribution in [-0.4, -0.2) is 21.4 Å². The van der Waals surface area contributed by atoms with E-state index < -0.39 is 10.0 Å². The lowest BCUT2D eigenvalue weighted by atomic mass is 10.1. The Morgan fingerprint density at radius 1 is 0.862 bits per heavy atom. The van der Waals surface area contributed by atoms with E-state index in [9.17, 15) is 13.2 Å². The van der Waals surface area contributed by atoms with Crippen LogP contribution >= 0.6 is 0 Å². The predicted octanol–water partition coefficient (Wildman–Crippen LogP) is 4.37. The third-order valence-electron chi connectivity index (χ3n) is 4.51. The first-order chi connectivity index (χ1) is 13.8. The van der Waals surface area contributed by atoms with Gasteiger partial charge < -0.3 is 10.1 Å². The maximum Gasteiger partial charge on any atom is 0.261 e. The summed E-state index contributed by atoms with van der Waals surface area (Å²) < 4.78 is 33.1. The Morgan fingerprint density at radius 3 is 2.31 bits per heavy atom. The summed E-state index contributed by atoms with van der Waals surface area (Å²) in [5, 5.41) is 2.76. The van der Waals surface area contributed by atoms with Gasteiger partial charge in [-0.05, 0) is 67.4 Å². The Balaban J connectivity index is 1.80. The third-order valence-corrected chi connectivity index (χ3v) is 5.89. The van der Waals surface area contributed by atoms with E-state index in [0.29, 0.717) is 22.7 Å². The number of methoxy groups -OCH3 is 1. The molecule has 0 atom stereocenters. The van der Waals surface area contributed by atoms with E-state index in [4.69, 9.17) is 4.74 Å². The predicted molar refractivity (Wildman–Crippen MR) is 114 cm³/mol. The van der Waals surface area contributed by atoms with Gasteiger partial charge in [-0.2, -0.15) is 0 Å². The first-order valence-electron chi connectivity index (χ1n) is 8.94. The lowest BCUT2D eigenvalue weighted by Gasteiger charge is -2.12. The second-order valence-corrected chi connectivity index (χ2v) is 8.27. The number of rotatable bonds is 6. The molecule has 0 aliphatic carbocycles. The summed E-state index contributed by atoms with van der Waals surface area (Å²) in [6, 6.07) is 18.4. The number of hydrogen-bond acceptors (Lipinski definition) is 4. The molecule has 29 heavy (non-hydrogen) atoms. The molecule has 7 heteroatoms. The van der Waals surface area contributed by atoms with Gasteiger partial charge in [0.15, 0.2) is 0 Å². The molecule has 0 saturated heterocycles. The average Bonchev–Trinajstić information content (AvgIpc) is 2.69. The largest absolute Gasteiger partial charge is 0.496 e. The van der Waals surface area contributed by atoms with E-state index in [1.165, 1.54) is 7.11 Å². The summed E-state index contributed by atoms with van der Waals surface area (Å²) in [6.45, 7) is 3.79. The number of hydrogen-bond donors (Lipinski definition) is 2. The SMILES string of the molecule is COc1ccccc1C(=O)Nc1cccc(NS(=O)(=O)c2ccc(C)c(C)c2)c1. The van der Waals surface area contributed by atoms with Crippen LogP contribution in [0.25, 0.3) is 0 Å². The maximum absolute atomic E-state index is 12.7. The molecule has 1 amide bonds. The number of nitrogens with one attached hydrogen (secondary N) is 2. The molecule has 6 nitrogen and oxygen atoms in total. The van der Waals surface area contributed by atoms with Gasteiger partial charge in [0.25, 0.3) is 15.9 Å². The number of benzene rings is 3. The van der Waals surface area contributed by atoms with Gasteiger partial charge in [-0.25, -0.2) is 8.42 Å². The quantitative estimate of drug-likeness (QED) is 0.632. The van der Waals surface area contributed by atoms with Gasteiger partial charge >= 0.3 is 0 Å². The zero-order valence-corrected chi connectivity index (χ0v) is 17.2. The van der Waals surface area contributed by atoms with E-state index in [1.54, 1.807) is 66.7 Å². The van der Waals surface area contributed by atoms with Crippen LogP contribution in [0, 0.1) is 13.8 Å². The number of aryl methyl sites for hydroxylation is 2. The zero-order valence-electron chi connectivity index (χ0n) is 16.4. The number of sulfonamides is 1. The van der Waals surface area contributed by atoms with Crippen molar-refractivity contribution in [1.82, 2.24) is 0 Å². The van der Waals surface area contributed by atoms with Crippen molar-refractivity contribution >= 4 is 27.3 Å². The van der Waals surface area contributed by atoms with E-state index in [0.717, 1.165) is 11.1 Å². The van der Waals surface area contributed by atoms with Crippen molar-refractivity contribution < 1.29 is 17.9 Å². The molecule has 0 heterocycles. The number of ether oxygens (including phenoxy) is 1. The second-order valence-electron chi connectivity index (χ2n) is 6.59. The molecule has 0 radical (unpaired) electrons. The molecule has 0 fully saturated rings. The molecule has 3 rings (SSSR count). The standard InChI is InChI=1S/C22H22N2O4S/c1-15-11-12-19(13-16(15)2)29(26,27)24-18-8-6-7-17(14-18)23-22(25)20-9-4-5-10-21(20)28-3/h4-14,24H,1-3H3,(H,23,25). The van der Waals surface area contributed by atoms with Crippen molar-refractivity contribution in [3.05, 3.63) is 83.4 Å². The minimum Gasteiger partial charge on any atom is -0.496 e. The molecule has 150 valence electrons. The molecule has 0 aliphatic heterocycles. The Kier molecular flexibility index (Phi) is 5.89.